The zero-order valence-corrected chi connectivity index (χ0v) is 16.5. The number of hydrogen-bond acceptors (Lipinski definition) is 4. The van der Waals surface area contributed by atoms with Gasteiger partial charge in [-0.05, 0) is 36.2 Å². The lowest BCUT2D eigenvalue weighted by Gasteiger charge is -2.33. The summed E-state index contributed by atoms with van der Waals surface area (Å²) >= 11 is 0. The minimum atomic E-state index is -3.12. The first-order chi connectivity index (χ1) is 12.8. The summed E-state index contributed by atoms with van der Waals surface area (Å²) in [6, 6.07) is 9.25. The SMILES string of the molecule is CS(=O)(=O)N1C[C@@H]2C(CNC(=O)C(O)(c3ccccc3)C3CCCC3)[C@@H]2C1. The van der Waals surface area contributed by atoms with Gasteiger partial charge in [-0.2, -0.15) is 0 Å². The number of carbonyl (C=O) groups excluding carboxylic acids is 1. The number of piperidine rings is 1. The maximum Gasteiger partial charge on any atom is 0.256 e. The van der Waals surface area contributed by atoms with Gasteiger partial charge >= 0.3 is 0 Å². The highest BCUT2D eigenvalue weighted by Crippen LogP contribution is 2.52. The van der Waals surface area contributed by atoms with Crippen molar-refractivity contribution in [1.29, 1.82) is 0 Å². The number of fused-ring (bicyclic) bond motifs is 1. The normalized spacial score (nSPS) is 30.7. The minimum Gasteiger partial charge on any atom is -0.375 e. The molecule has 7 heteroatoms. The number of carbonyl (C=O) groups is 1. The van der Waals surface area contributed by atoms with Crippen molar-refractivity contribution >= 4 is 15.9 Å². The standard InChI is InChI=1S/C20H28N2O4S/c1-27(25,26)22-12-17-16(18(17)13-22)11-21-19(23)20(24,15-9-5-6-10-15)14-7-3-2-4-8-14/h2-4,7-8,15-18,24H,5-6,9-13H2,1H3,(H,21,23)/t16?,17-,18+,20?. The Morgan fingerprint density at radius 2 is 1.78 bits per heavy atom. The lowest BCUT2D eigenvalue weighted by Crippen LogP contribution is -2.49. The quantitative estimate of drug-likeness (QED) is 0.764. The van der Waals surface area contributed by atoms with Gasteiger partial charge in [-0.1, -0.05) is 43.2 Å². The van der Waals surface area contributed by atoms with Gasteiger partial charge in [0, 0.05) is 25.6 Å². The Labute approximate surface area is 161 Å². The molecule has 1 aliphatic heterocycles. The van der Waals surface area contributed by atoms with Crippen LogP contribution in [0.4, 0.5) is 0 Å². The van der Waals surface area contributed by atoms with Crippen molar-refractivity contribution in [3.63, 3.8) is 0 Å². The van der Waals surface area contributed by atoms with E-state index in [9.17, 15) is 18.3 Å². The van der Waals surface area contributed by atoms with Crippen molar-refractivity contribution in [3.8, 4) is 0 Å². The Morgan fingerprint density at radius 1 is 1.19 bits per heavy atom. The number of hydrogen-bond donors (Lipinski definition) is 2. The molecule has 0 spiro atoms. The van der Waals surface area contributed by atoms with Crippen LogP contribution in [0.3, 0.4) is 0 Å². The fourth-order valence-corrected chi connectivity index (χ4v) is 6.00. The maximum atomic E-state index is 13.1. The Morgan fingerprint density at radius 3 is 2.33 bits per heavy atom. The summed E-state index contributed by atoms with van der Waals surface area (Å²) in [5, 5.41) is 14.4. The van der Waals surface area contributed by atoms with Crippen molar-refractivity contribution in [3.05, 3.63) is 35.9 Å². The number of rotatable bonds is 6. The van der Waals surface area contributed by atoms with Gasteiger partial charge in [0.05, 0.1) is 6.26 Å². The largest absolute Gasteiger partial charge is 0.375 e. The van der Waals surface area contributed by atoms with Crippen molar-refractivity contribution in [2.75, 3.05) is 25.9 Å². The van der Waals surface area contributed by atoms with Crippen LogP contribution in [0.25, 0.3) is 0 Å². The predicted octanol–water partition coefficient (Wildman–Crippen LogP) is 1.32. The van der Waals surface area contributed by atoms with E-state index in [0.717, 1.165) is 25.7 Å². The van der Waals surface area contributed by atoms with E-state index in [-0.39, 0.29) is 11.8 Å². The molecule has 0 radical (unpaired) electrons. The highest BCUT2D eigenvalue weighted by atomic mass is 32.2. The molecular weight excluding hydrogens is 364 g/mol. The van der Waals surface area contributed by atoms with Crippen LogP contribution in [0.15, 0.2) is 30.3 Å². The number of nitrogens with one attached hydrogen (secondary N) is 1. The smallest absolute Gasteiger partial charge is 0.256 e. The molecule has 1 heterocycles. The first-order valence-electron chi connectivity index (χ1n) is 9.83. The predicted molar refractivity (Wildman–Crippen MR) is 102 cm³/mol. The molecule has 1 aromatic carbocycles. The van der Waals surface area contributed by atoms with Crippen LogP contribution in [-0.2, 0) is 20.4 Å². The molecule has 2 aliphatic carbocycles. The van der Waals surface area contributed by atoms with Gasteiger partial charge in [-0.15, -0.1) is 0 Å². The van der Waals surface area contributed by atoms with E-state index in [2.05, 4.69) is 5.32 Å². The van der Waals surface area contributed by atoms with Crippen LogP contribution in [0.1, 0.15) is 31.2 Å². The zero-order chi connectivity index (χ0) is 19.2. The third-order valence-corrected chi connectivity index (χ3v) is 8.05. The van der Waals surface area contributed by atoms with Gasteiger partial charge in [-0.25, -0.2) is 12.7 Å². The molecule has 0 aromatic heterocycles. The second kappa shape index (κ2) is 6.87. The average Bonchev–Trinajstić information content (AvgIpc) is 3.08. The Balaban J connectivity index is 1.41. The molecule has 3 aliphatic rings. The molecule has 2 N–H and O–H groups in total. The van der Waals surface area contributed by atoms with Gasteiger partial charge in [-0.3, -0.25) is 4.79 Å². The Bertz CT molecular complexity index is 795. The fraction of sp³-hybridized carbons (Fsp3) is 0.650. The molecule has 3 fully saturated rings. The molecule has 1 amide bonds. The minimum absolute atomic E-state index is 0.0562. The van der Waals surface area contributed by atoms with Crippen molar-refractivity contribution in [2.45, 2.75) is 31.3 Å². The van der Waals surface area contributed by atoms with E-state index in [1.807, 2.05) is 30.3 Å². The van der Waals surface area contributed by atoms with Crippen LogP contribution >= 0.6 is 0 Å². The van der Waals surface area contributed by atoms with Gasteiger partial charge in [0.1, 0.15) is 0 Å². The molecule has 2 saturated carbocycles. The van der Waals surface area contributed by atoms with Gasteiger partial charge < -0.3 is 10.4 Å². The molecule has 1 aromatic rings. The van der Waals surface area contributed by atoms with E-state index >= 15 is 0 Å². The van der Waals surface area contributed by atoms with Crippen LogP contribution in [0.5, 0.6) is 0 Å². The summed E-state index contributed by atoms with van der Waals surface area (Å²) in [6.45, 7) is 1.61. The van der Waals surface area contributed by atoms with Gasteiger partial charge in [0.25, 0.3) is 5.91 Å². The second-order valence-corrected chi connectivity index (χ2v) is 10.4. The van der Waals surface area contributed by atoms with E-state index < -0.39 is 15.6 Å². The highest BCUT2D eigenvalue weighted by Gasteiger charge is 2.57. The summed E-state index contributed by atoms with van der Waals surface area (Å²) in [5.41, 5.74) is -0.825. The highest BCUT2D eigenvalue weighted by molar-refractivity contribution is 7.88. The fourth-order valence-electron chi connectivity index (χ4n) is 5.12. The number of sulfonamides is 1. The first-order valence-corrected chi connectivity index (χ1v) is 11.7. The zero-order valence-electron chi connectivity index (χ0n) is 15.7. The number of nitrogens with zero attached hydrogens (tertiary/aromatic N) is 1. The van der Waals surface area contributed by atoms with Gasteiger partial charge in [0.2, 0.25) is 10.0 Å². The average molecular weight is 393 g/mol. The molecular formula is C20H28N2O4S. The summed E-state index contributed by atoms with van der Waals surface area (Å²) in [6.07, 6.45) is 5.05. The van der Waals surface area contributed by atoms with Crippen molar-refractivity contribution in [2.24, 2.45) is 23.7 Å². The molecule has 6 nitrogen and oxygen atoms in total. The number of benzene rings is 1. The van der Waals surface area contributed by atoms with Crippen LogP contribution < -0.4 is 5.32 Å². The third-order valence-electron chi connectivity index (χ3n) is 6.81. The topological polar surface area (TPSA) is 86.7 Å². The molecule has 2 unspecified atom stereocenters. The molecule has 0 bridgehead atoms. The molecule has 27 heavy (non-hydrogen) atoms. The van der Waals surface area contributed by atoms with Crippen LogP contribution in [0.2, 0.25) is 0 Å². The first kappa shape index (κ1) is 18.9. The Hall–Kier alpha value is -1.44. The third kappa shape index (κ3) is 3.41. The Kier molecular flexibility index (Phi) is 4.81. The lowest BCUT2D eigenvalue weighted by molar-refractivity contribution is -0.147. The van der Waals surface area contributed by atoms with E-state index in [0.29, 0.717) is 43.0 Å². The maximum absolute atomic E-state index is 13.1. The summed E-state index contributed by atoms with van der Waals surface area (Å²) in [7, 11) is -3.12. The van der Waals surface area contributed by atoms with E-state index in [1.165, 1.54) is 10.6 Å². The monoisotopic (exact) mass is 392 g/mol. The van der Waals surface area contributed by atoms with Crippen molar-refractivity contribution in [1.82, 2.24) is 9.62 Å². The van der Waals surface area contributed by atoms with Gasteiger partial charge in [0.15, 0.2) is 5.60 Å². The summed E-state index contributed by atoms with van der Waals surface area (Å²) in [4.78, 5) is 13.1. The van der Waals surface area contributed by atoms with Crippen LogP contribution in [0, 0.1) is 23.7 Å². The molecule has 148 valence electrons. The number of amides is 1. The summed E-state index contributed by atoms with van der Waals surface area (Å²) in [5.74, 6) is 0.605. The molecule has 4 atom stereocenters. The number of aliphatic hydroxyl groups is 1. The van der Waals surface area contributed by atoms with Crippen molar-refractivity contribution < 1.29 is 18.3 Å². The molecule has 4 rings (SSSR count). The molecule has 1 saturated heterocycles. The van der Waals surface area contributed by atoms with E-state index in [1.54, 1.807) is 0 Å². The lowest BCUT2D eigenvalue weighted by atomic mass is 9.79. The second-order valence-electron chi connectivity index (χ2n) is 8.40. The van der Waals surface area contributed by atoms with Crippen LogP contribution in [-0.4, -0.2) is 49.6 Å². The summed E-state index contributed by atoms with van der Waals surface area (Å²) < 4.78 is 24.8. The van der Waals surface area contributed by atoms with E-state index in [4.69, 9.17) is 0 Å².